The van der Waals surface area contributed by atoms with Gasteiger partial charge in [0.15, 0.2) is 0 Å². The number of benzene rings is 3. The van der Waals surface area contributed by atoms with Gasteiger partial charge >= 0.3 is 0 Å². The fourth-order valence-corrected chi connectivity index (χ4v) is 8.97. The normalized spacial score (nSPS) is 18.2. The molecule has 3 aromatic carbocycles. The quantitative estimate of drug-likeness (QED) is 0.389. The number of hydrogen-bond acceptors (Lipinski definition) is 8. The van der Waals surface area contributed by atoms with Gasteiger partial charge in [-0.05, 0) is 57.2 Å². The molecule has 14 heteroatoms. The van der Waals surface area contributed by atoms with E-state index in [9.17, 15) is 25.3 Å². The Bertz CT molecular complexity index is 1640. The van der Waals surface area contributed by atoms with Crippen molar-refractivity contribution >= 4 is 30.1 Å². The van der Waals surface area contributed by atoms with Crippen molar-refractivity contribution in [2.24, 2.45) is 0 Å². The first-order chi connectivity index (χ1) is 21.3. The Morgan fingerprint density at radius 2 is 0.622 bits per heavy atom. The summed E-state index contributed by atoms with van der Waals surface area (Å²) in [6.45, 7) is 5.26. The van der Waals surface area contributed by atoms with Crippen LogP contribution in [-0.4, -0.2) is 104 Å². The number of rotatable bonds is 6. The molecule has 0 atom stereocenters. The Balaban J connectivity index is 1.61. The first-order valence-electron chi connectivity index (χ1n) is 14.7. The monoisotopic (exact) mass is 679 g/mol. The highest BCUT2D eigenvalue weighted by molar-refractivity contribution is 7.89. The molecule has 0 radical (unpaired) electrons. The number of ether oxygens (including phenoxy) is 2. The predicted octanol–water partition coefficient (Wildman–Crippen LogP) is 3.03. The summed E-state index contributed by atoms with van der Waals surface area (Å²) >= 11 is 0. The highest BCUT2D eigenvalue weighted by atomic mass is 32.2. The molecule has 0 aromatic heterocycles. The van der Waals surface area contributed by atoms with Gasteiger partial charge in [-0.2, -0.15) is 12.9 Å². The van der Waals surface area contributed by atoms with Gasteiger partial charge in [-0.1, -0.05) is 53.1 Å². The van der Waals surface area contributed by atoms with E-state index in [2.05, 4.69) is 0 Å². The van der Waals surface area contributed by atoms with Gasteiger partial charge < -0.3 is 9.47 Å². The van der Waals surface area contributed by atoms with Gasteiger partial charge in [-0.25, -0.2) is 25.3 Å². The molecule has 1 aliphatic heterocycles. The molecule has 3 aromatic rings. The number of nitrogens with zero attached hydrogens (tertiary/aromatic N) is 3. The van der Waals surface area contributed by atoms with Crippen LogP contribution in [0.1, 0.15) is 16.7 Å². The van der Waals surface area contributed by atoms with Gasteiger partial charge in [0.2, 0.25) is 30.1 Å². The standard InChI is InChI=1S/C31H41N3O8S3/c1-26-4-10-29(11-5-26)43(35,36)32-16-17-33(44(37,38)30-12-6-27(2)7-13-30)19-23-42-25-21-34(20-24-41-22-18-32)45(39,40)31-14-8-28(3)9-15-31/h4-15H,16-25H2,1-3H3. The van der Waals surface area contributed by atoms with Crippen molar-refractivity contribution in [2.75, 3.05) is 65.7 Å². The molecule has 0 bridgehead atoms. The summed E-state index contributed by atoms with van der Waals surface area (Å²) in [5, 5.41) is 0. The maximum atomic E-state index is 13.7. The third kappa shape index (κ3) is 8.98. The molecule has 45 heavy (non-hydrogen) atoms. The van der Waals surface area contributed by atoms with Crippen molar-refractivity contribution in [1.29, 1.82) is 0 Å². The van der Waals surface area contributed by atoms with Crippen LogP contribution in [0.25, 0.3) is 0 Å². The van der Waals surface area contributed by atoms with Gasteiger partial charge in [0.1, 0.15) is 0 Å². The van der Waals surface area contributed by atoms with E-state index in [4.69, 9.17) is 9.47 Å². The molecule has 4 rings (SSSR count). The lowest BCUT2D eigenvalue weighted by atomic mass is 10.2. The zero-order valence-corrected chi connectivity index (χ0v) is 28.3. The topological polar surface area (TPSA) is 131 Å². The molecule has 0 aliphatic carbocycles. The first-order valence-corrected chi connectivity index (χ1v) is 19.0. The molecule has 0 N–H and O–H groups in total. The Labute approximate surface area is 267 Å². The van der Waals surface area contributed by atoms with E-state index in [1.165, 1.54) is 37.2 Å². The largest absolute Gasteiger partial charge is 0.379 e. The smallest absolute Gasteiger partial charge is 0.243 e. The Hall–Kier alpha value is -2.69. The van der Waals surface area contributed by atoms with Crippen LogP contribution in [0.4, 0.5) is 0 Å². The second-order valence-corrected chi connectivity index (χ2v) is 16.7. The molecular weight excluding hydrogens is 639 g/mol. The van der Waals surface area contributed by atoms with E-state index in [-0.39, 0.29) is 80.4 Å². The lowest BCUT2D eigenvalue weighted by molar-refractivity contribution is 0.0964. The van der Waals surface area contributed by atoms with Crippen molar-refractivity contribution in [2.45, 2.75) is 35.5 Å². The van der Waals surface area contributed by atoms with E-state index >= 15 is 0 Å². The molecule has 0 spiro atoms. The molecule has 246 valence electrons. The molecule has 1 heterocycles. The predicted molar refractivity (Wildman–Crippen MR) is 171 cm³/mol. The fraction of sp³-hybridized carbons (Fsp3) is 0.419. The third-order valence-electron chi connectivity index (χ3n) is 7.52. The van der Waals surface area contributed by atoms with E-state index in [0.29, 0.717) is 0 Å². The summed E-state index contributed by atoms with van der Waals surface area (Å²) in [7, 11) is -11.9. The summed E-state index contributed by atoms with van der Waals surface area (Å²) in [6.07, 6.45) is 0. The number of aryl methyl sites for hydroxylation is 3. The fourth-order valence-electron chi connectivity index (χ4n) is 4.73. The van der Waals surface area contributed by atoms with Gasteiger partial charge in [-0.3, -0.25) is 0 Å². The minimum absolute atomic E-state index is 0.0231. The van der Waals surface area contributed by atoms with E-state index in [0.717, 1.165) is 16.7 Å². The van der Waals surface area contributed by atoms with Crippen molar-refractivity contribution in [3.8, 4) is 0 Å². The second-order valence-electron chi connectivity index (χ2n) is 10.9. The Morgan fingerprint density at radius 3 is 0.867 bits per heavy atom. The lowest BCUT2D eigenvalue weighted by Crippen LogP contribution is -2.43. The van der Waals surface area contributed by atoms with Crippen LogP contribution in [0.15, 0.2) is 87.5 Å². The van der Waals surface area contributed by atoms with Gasteiger partial charge in [0.05, 0.1) is 41.1 Å². The second kappa shape index (κ2) is 15.3. The molecule has 0 unspecified atom stereocenters. The van der Waals surface area contributed by atoms with Crippen LogP contribution in [-0.2, 0) is 39.5 Å². The van der Waals surface area contributed by atoms with Crippen LogP contribution in [0.2, 0.25) is 0 Å². The Kier molecular flexibility index (Phi) is 11.9. The van der Waals surface area contributed by atoms with Crippen LogP contribution in [0.3, 0.4) is 0 Å². The molecule has 0 saturated carbocycles. The summed E-state index contributed by atoms with van der Waals surface area (Å²) < 4.78 is 97.0. The zero-order chi connectivity index (χ0) is 32.7. The zero-order valence-electron chi connectivity index (χ0n) is 25.8. The van der Waals surface area contributed by atoms with Gasteiger partial charge in [-0.15, -0.1) is 0 Å². The van der Waals surface area contributed by atoms with E-state index in [1.54, 1.807) is 48.5 Å². The third-order valence-corrected chi connectivity index (χ3v) is 13.3. The molecule has 1 saturated heterocycles. The molecular formula is C31H41N3O8S3. The molecule has 1 aliphatic rings. The Morgan fingerprint density at radius 1 is 0.400 bits per heavy atom. The van der Waals surface area contributed by atoms with Gasteiger partial charge in [0, 0.05) is 39.3 Å². The molecule has 0 amide bonds. The summed E-state index contributed by atoms with van der Waals surface area (Å²) in [5.74, 6) is 0. The van der Waals surface area contributed by atoms with Crippen LogP contribution < -0.4 is 0 Å². The van der Waals surface area contributed by atoms with Crippen LogP contribution in [0, 0.1) is 20.8 Å². The van der Waals surface area contributed by atoms with Crippen molar-refractivity contribution in [3.63, 3.8) is 0 Å². The highest BCUT2D eigenvalue weighted by Crippen LogP contribution is 2.20. The summed E-state index contributed by atoms with van der Waals surface area (Å²) in [6, 6.07) is 19.4. The highest BCUT2D eigenvalue weighted by Gasteiger charge is 2.30. The minimum atomic E-state index is -4.01. The number of hydrogen-bond donors (Lipinski definition) is 0. The number of sulfonamides is 3. The minimum Gasteiger partial charge on any atom is -0.379 e. The van der Waals surface area contributed by atoms with Crippen molar-refractivity contribution < 1.29 is 34.7 Å². The SMILES string of the molecule is Cc1ccc(S(=O)(=O)N2CCOCCN(S(=O)(=O)c3ccc(C)cc3)CCN(S(=O)(=O)c3ccc(C)cc3)CCOCC2)cc1. The first kappa shape index (κ1) is 35.2. The molecule has 1 fully saturated rings. The average Bonchev–Trinajstić information content (AvgIpc) is 3.01. The maximum absolute atomic E-state index is 13.7. The summed E-state index contributed by atoms with van der Waals surface area (Å²) in [4.78, 5) is 0.298. The summed E-state index contributed by atoms with van der Waals surface area (Å²) in [5.41, 5.74) is 2.72. The van der Waals surface area contributed by atoms with Gasteiger partial charge in [0.25, 0.3) is 0 Å². The van der Waals surface area contributed by atoms with E-state index < -0.39 is 30.1 Å². The molecule has 11 nitrogen and oxygen atoms in total. The van der Waals surface area contributed by atoms with Crippen molar-refractivity contribution in [3.05, 3.63) is 89.5 Å². The average molecular weight is 680 g/mol. The van der Waals surface area contributed by atoms with Crippen LogP contribution in [0.5, 0.6) is 0 Å². The maximum Gasteiger partial charge on any atom is 0.243 e. The van der Waals surface area contributed by atoms with E-state index in [1.807, 2.05) is 20.8 Å². The van der Waals surface area contributed by atoms with Crippen LogP contribution >= 0.6 is 0 Å². The lowest BCUT2D eigenvalue weighted by Gasteiger charge is -2.27. The van der Waals surface area contributed by atoms with Crippen molar-refractivity contribution in [1.82, 2.24) is 12.9 Å².